The van der Waals surface area contributed by atoms with Gasteiger partial charge in [0.15, 0.2) is 31.5 Å². The molecule has 8 fully saturated rings. The molecule has 0 unspecified atom stereocenters. The molecule has 21 nitrogen and oxygen atoms in total. The van der Waals surface area contributed by atoms with Gasteiger partial charge in [-0.1, -0.05) is 18.6 Å². The molecule has 0 bridgehead atoms. The van der Waals surface area contributed by atoms with Gasteiger partial charge in [-0.15, -0.1) is 0 Å². The van der Waals surface area contributed by atoms with E-state index in [0.29, 0.717) is 51.6 Å². The lowest BCUT2D eigenvalue weighted by molar-refractivity contribution is -0.351. The molecule has 0 amide bonds. The standard InChI is InChI=1S/C55H86O21/c1-25-48(58)37(60-8)18-44(66-25)75-52-29(5)69-45(20-39(52)62-10)73-49-26(2)67-42(17-34(49)56)74-50-28(4)70-46(21-40(50)63-11)76-51-27(3)68-43(19-38(51)61-9)71-36-16-31-13-14-32-33(54(31,6)22-35(36)57)15-12-30-23-64-55(7)47(30)41(24-65-55)72-53(32)59/h13,23,25-29,32-52,56-58H,12,14-22,24H2,1-11H3/t25-,26+,27+,28-,29+,32+,33-,34-,35+,36+,37+,38-,39+,40+,41+,42-,43-,44-,45-,46-,47+,48-,49-,50+,51+,52+,54-,55-/m0/s1. The second kappa shape index (κ2) is 23.5. The van der Waals surface area contributed by atoms with Crippen LogP contribution in [0.25, 0.3) is 0 Å². The van der Waals surface area contributed by atoms with Crippen molar-refractivity contribution >= 4 is 5.97 Å². The summed E-state index contributed by atoms with van der Waals surface area (Å²) in [6.45, 7) is 13.7. The third-order valence-corrected chi connectivity index (χ3v) is 18.7. The zero-order valence-electron chi connectivity index (χ0n) is 46.1. The number of hydrogen-bond donors (Lipinski definition) is 3. The highest BCUT2D eigenvalue weighted by Gasteiger charge is 2.59. The number of ether oxygens (including phenoxy) is 17. The number of aliphatic hydroxyl groups is 3. The average molecular weight is 1080 g/mol. The minimum Gasteiger partial charge on any atom is -0.469 e. The lowest BCUT2D eigenvalue weighted by atomic mass is 9.55. The number of fused-ring (bicyclic) bond motifs is 3. The van der Waals surface area contributed by atoms with Crippen molar-refractivity contribution in [3.8, 4) is 0 Å². The minimum atomic E-state index is -0.942. The van der Waals surface area contributed by atoms with Crippen molar-refractivity contribution in [3.05, 3.63) is 23.5 Å². The van der Waals surface area contributed by atoms with Gasteiger partial charge in [0, 0.05) is 67.5 Å². The van der Waals surface area contributed by atoms with Crippen LogP contribution in [-0.4, -0.2) is 203 Å². The highest BCUT2D eigenvalue weighted by atomic mass is 16.8. The van der Waals surface area contributed by atoms with E-state index >= 15 is 0 Å². The van der Waals surface area contributed by atoms with Crippen LogP contribution in [0.5, 0.6) is 0 Å². The highest BCUT2D eigenvalue weighted by molar-refractivity contribution is 5.74. The molecular weight excluding hydrogens is 997 g/mol. The maximum atomic E-state index is 13.8. The van der Waals surface area contributed by atoms with Crippen LogP contribution in [0.15, 0.2) is 23.5 Å². The summed E-state index contributed by atoms with van der Waals surface area (Å²) in [6, 6.07) is 0. The molecule has 76 heavy (non-hydrogen) atoms. The van der Waals surface area contributed by atoms with Crippen LogP contribution in [0, 0.1) is 23.2 Å². The molecule has 21 heteroatoms. The number of rotatable bonds is 14. The first-order chi connectivity index (χ1) is 36.3. The van der Waals surface area contributed by atoms with Gasteiger partial charge >= 0.3 is 5.97 Å². The van der Waals surface area contributed by atoms with E-state index in [-0.39, 0.29) is 36.2 Å². The quantitative estimate of drug-likeness (QED) is 0.164. The van der Waals surface area contributed by atoms with Crippen LogP contribution in [0.2, 0.25) is 0 Å². The Kier molecular flexibility index (Phi) is 17.7. The van der Waals surface area contributed by atoms with E-state index in [9.17, 15) is 20.1 Å². The van der Waals surface area contributed by atoms with Crippen LogP contribution in [0.3, 0.4) is 0 Å². The van der Waals surface area contributed by atoms with Gasteiger partial charge in [0.1, 0.15) is 36.6 Å². The van der Waals surface area contributed by atoms with Gasteiger partial charge in [0.2, 0.25) is 5.79 Å². The fraction of sp³-hybridized carbons (Fsp3) is 0.909. The van der Waals surface area contributed by atoms with Crippen LogP contribution in [0.4, 0.5) is 0 Å². The van der Waals surface area contributed by atoms with Crippen molar-refractivity contribution in [1.82, 2.24) is 0 Å². The van der Waals surface area contributed by atoms with Gasteiger partial charge in [-0.25, -0.2) is 0 Å². The van der Waals surface area contributed by atoms with E-state index < -0.39 is 146 Å². The summed E-state index contributed by atoms with van der Waals surface area (Å²) in [5.41, 5.74) is 1.89. The number of esters is 1. The molecule has 1 saturated carbocycles. The smallest absolute Gasteiger partial charge is 0.309 e. The Labute approximate surface area is 446 Å². The highest BCUT2D eigenvalue weighted by Crippen LogP contribution is 2.57. The first kappa shape index (κ1) is 57.3. The number of hydrogen-bond acceptors (Lipinski definition) is 21. The van der Waals surface area contributed by atoms with E-state index in [4.69, 9.17) is 80.5 Å². The molecule has 0 spiro atoms. The molecule has 0 aromatic carbocycles. The molecule has 8 aliphatic heterocycles. The summed E-state index contributed by atoms with van der Waals surface area (Å²) in [6.07, 6.45) is -4.68. The molecule has 7 saturated heterocycles. The first-order valence-corrected chi connectivity index (χ1v) is 27.9. The summed E-state index contributed by atoms with van der Waals surface area (Å²) in [4.78, 5) is 13.8. The average Bonchev–Trinajstić information content (AvgIpc) is 3.97. The Bertz CT molecular complexity index is 2030. The zero-order chi connectivity index (χ0) is 54.0. The summed E-state index contributed by atoms with van der Waals surface area (Å²) in [5, 5.41) is 33.8. The molecule has 10 aliphatic rings. The maximum Gasteiger partial charge on any atom is 0.309 e. The van der Waals surface area contributed by atoms with Crippen molar-refractivity contribution in [1.29, 1.82) is 0 Å². The normalized spacial score (nSPS) is 51.6. The molecule has 0 aromatic heterocycles. The topological polar surface area (TPSA) is 235 Å². The zero-order valence-corrected chi connectivity index (χ0v) is 46.1. The predicted molar refractivity (Wildman–Crippen MR) is 263 cm³/mol. The van der Waals surface area contributed by atoms with Crippen LogP contribution < -0.4 is 0 Å². The van der Waals surface area contributed by atoms with Crippen LogP contribution >= 0.6 is 0 Å². The molecule has 10 rings (SSSR count). The Hall–Kier alpha value is -1.97. The first-order valence-electron chi connectivity index (χ1n) is 27.9. The van der Waals surface area contributed by atoms with E-state index in [0.717, 1.165) is 18.4 Å². The third-order valence-electron chi connectivity index (χ3n) is 18.7. The van der Waals surface area contributed by atoms with Crippen LogP contribution in [0.1, 0.15) is 113 Å². The molecule has 0 radical (unpaired) electrons. The lowest BCUT2D eigenvalue weighted by Crippen LogP contribution is -2.58. The summed E-state index contributed by atoms with van der Waals surface area (Å²) in [5.74, 6) is -1.47. The summed E-state index contributed by atoms with van der Waals surface area (Å²) < 4.78 is 106. The van der Waals surface area contributed by atoms with Crippen LogP contribution in [-0.2, 0) is 85.3 Å². The van der Waals surface area contributed by atoms with Gasteiger partial charge in [0.25, 0.3) is 0 Å². The predicted octanol–water partition coefficient (Wildman–Crippen LogP) is 4.07. The van der Waals surface area contributed by atoms with E-state index in [1.165, 1.54) is 5.57 Å². The van der Waals surface area contributed by atoms with Crippen molar-refractivity contribution in [2.45, 2.75) is 260 Å². The fourth-order valence-electron chi connectivity index (χ4n) is 14.5. The fourth-order valence-corrected chi connectivity index (χ4v) is 14.5. The van der Waals surface area contributed by atoms with Crippen molar-refractivity contribution in [2.24, 2.45) is 23.2 Å². The van der Waals surface area contributed by atoms with E-state index in [1.807, 2.05) is 34.6 Å². The second-order valence-corrected chi connectivity index (χ2v) is 23.5. The van der Waals surface area contributed by atoms with Gasteiger partial charge in [-0.3, -0.25) is 4.79 Å². The SMILES string of the molecule is CO[C@H]1C[C@H](O[C@@H]2CC3=CC[C@H]4C(=O)O[C@@H]5CO[C@]6(C)OC=C(CC[C@@H]4[C@@]3(C)C[C@H]2O)[C@H]56)O[C@H](C)[C@H]1O[C@H]1C[C@@H](OC)[C@H](O[C@H]2C[C@H](O)[C@@H](O[C@H]3C[C@@H](OC)[C@H](O[C@H]4C[C@@H](OC)[C@@H](O)[C@H](C)O4)[C@@H](C)O3)[C@@H](C)O2)[C@H](C)O1. The summed E-state index contributed by atoms with van der Waals surface area (Å²) >= 11 is 0. The number of carbonyl (C=O) groups excluding carboxylic acids is 1. The molecule has 0 aromatic rings. The molecule has 8 heterocycles. The molecule has 3 N–H and O–H groups in total. The third kappa shape index (κ3) is 11.3. The van der Waals surface area contributed by atoms with Gasteiger partial charge in [0.05, 0.1) is 98.0 Å². The van der Waals surface area contributed by atoms with Crippen molar-refractivity contribution < 1.29 is 101 Å². The molecular formula is C55H86O21. The Morgan fingerprint density at radius 1 is 0.592 bits per heavy atom. The van der Waals surface area contributed by atoms with Crippen molar-refractivity contribution in [3.63, 3.8) is 0 Å². The number of methoxy groups -OCH3 is 4. The summed E-state index contributed by atoms with van der Waals surface area (Å²) in [7, 11) is 6.43. The van der Waals surface area contributed by atoms with E-state index in [1.54, 1.807) is 41.6 Å². The minimum absolute atomic E-state index is 0.0235. The number of carbonyl (C=O) groups is 1. The Morgan fingerprint density at radius 3 is 1.62 bits per heavy atom. The number of allylic oxidation sites excluding steroid dienone is 1. The Morgan fingerprint density at radius 2 is 1.08 bits per heavy atom. The molecule has 432 valence electrons. The van der Waals surface area contributed by atoms with Gasteiger partial charge < -0.3 is 95.8 Å². The van der Waals surface area contributed by atoms with E-state index in [2.05, 4.69) is 13.0 Å². The molecule has 28 atom stereocenters. The number of aliphatic hydroxyl groups excluding tert-OH is 3. The van der Waals surface area contributed by atoms with Crippen molar-refractivity contribution in [2.75, 3.05) is 35.0 Å². The molecule has 2 aliphatic carbocycles. The lowest BCUT2D eigenvalue weighted by Gasteiger charge is -2.52. The second-order valence-electron chi connectivity index (χ2n) is 23.5. The largest absolute Gasteiger partial charge is 0.469 e. The Balaban J connectivity index is 0.693. The van der Waals surface area contributed by atoms with Gasteiger partial charge in [-0.2, -0.15) is 0 Å². The maximum absolute atomic E-state index is 13.8. The van der Waals surface area contributed by atoms with Gasteiger partial charge in [-0.05, 0) is 83.6 Å². The monoisotopic (exact) mass is 1080 g/mol.